The van der Waals surface area contributed by atoms with Gasteiger partial charge in [0.1, 0.15) is 0 Å². The van der Waals surface area contributed by atoms with Crippen molar-refractivity contribution in [3.63, 3.8) is 0 Å². The number of hydrogen-bond donors (Lipinski definition) is 0. The third-order valence-electron chi connectivity index (χ3n) is 4.56. The molecule has 2 aromatic carbocycles. The molecule has 4 rings (SSSR count). The molecule has 0 amide bonds. The van der Waals surface area contributed by atoms with Crippen LogP contribution in [-0.4, -0.2) is 5.43 Å². The SMILES string of the molecule is Br.Br.C1=CC[C]([Zr]([C]2=CC=CC2)=[Si](c2ccccc2)c2ccccc2)=C1. The molecule has 0 atom stereocenters. The predicted octanol–water partition coefficient (Wildman–Crippen LogP) is 5.25. The Kier molecular flexibility index (Phi) is 8.96. The summed E-state index contributed by atoms with van der Waals surface area (Å²) >= 11 is -1.93. The topological polar surface area (TPSA) is 0 Å². The molecule has 0 heterocycles. The van der Waals surface area contributed by atoms with E-state index in [9.17, 15) is 0 Å². The fourth-order valence-electron chi connectivity index (χ4n) is 3.46. The van der Waals surface area contributed by atoms with Gasteiger partial charge in [0.15, 0.2) is 0 Å². The molecule has 0 saturated heterocycles. The van der Waals surface area contributed by atoms with Crippen LogP contribution in [-0.2, 0) is 20.4 Å². The molecule has 0 bridgehead atoms. The first-order valence-corrected chi connectivity index (χ1v) is 16.2. The molecule has 4 heteroatoms. The van der Waals surface area contributed by atoms with Crippen molar-refractivity contribution in [2.75, 3.05) is 0 Å². The van der Waals surface area contributed by atoms with E-state index in [-0.39, 0.29) is 34.0 Å². The molecule has 0 unspecified atom stereocenters. The summed E-state index contributed by atoms with van der Waals surface area (Å²) in [5.74, 6) is 0. The van der Waals surface area contributed by atoms with Gasteiger partial charge in [0.25, 0.3) is 0 Å². The molecule has 0 radical (unpaired) electrons. The van der Waals surface area contributed by atoms with Gasteiger partial charge in [-0.25, -0.2) is 0 Å². The standard InChI is InChI=1S/C12H10Si.2C5H5.2BrH.Zr/c1-3-7-11(8-4-1)13-12-9-5-2-6-10-12;2*1-2-4-5-3-1;;;/h1-10H;2*1-3H,4H2;2*1H;. The van der Waals surface area contributed by atoms with E-state index in [0.29, 0.717) is 0 Å². The van der Waals surface area contributed by atoms with Gasteiger partial charge in [0.2, 0.25) is 0 Å². The van der Waals surface area contributed by atoms with Crippen molar-refractivity contribution < 1.29 is 20.4 Å². The monoisotopic (exact) mass is 562 g/mol. The van der Waals surface area contributed by atoms with Gasteiger partial charge in [-0.1, -0.05) is 0 Å². The molecule has 0 aliphatic heterocycles. The van der Waals surface area contributed by atoms with E-state index in [1.807, 2.05) is 0 Å². The minimum atomic E-state index is -1.93. The Balaban J connectivity index is 0.00000121. The van der Waals surface area contributed by atoms with E-state index in [1.54, 1.807) is 16.9 Å². The van der Waals surface area contributed by atoms with Crippen LogP contribution in [0.5, 0.6) is 0 Å². The fourth-order valence-corrected chi connectivity index (χ4v) is 23.6. The van der Waals surface area contributed by atoms with Gasteiger partial charge in [-0.05, 0) is 0 Å². The van der Waals surface area contributed by atoms with Gasteiger partial charge in [-0.15, -0.1) is 34.0 Å². The van der Waals surface area contributed by atoms with Crippen LogP contribution in [0.2, 0.25) is 0 Å². The van der Waals surface area contributed by atoms with Crippen LogP contribution in [0.1, 0.15) is 12.8 Å². The van der Waals surface area contributed by atoms with Gasteiger partial charge in [-0.2, -0.15) is 0 Å². The number of allylic oxidation sites excluding steroid dienone is 8. The zero-order valence-corrected chi connectivity index (χ0v) is 21.4. The summed E-state index contributed by atoms with van der Waals surface area (Å²) in [6.07, 6.45) is 16.5. The number of hydrogen-bond acceptors (Lipinski definition) is 0. The normalized spacial score (nSPS) is 14.2. The van der Waals surface area contributed by atoms with Crippen LogP contribution < -0.4 is 10.4 Å². The second kappa shape index (κ2) is 10.7. The summed E-state index contributed by atoms with van der Waals surface area (Å²) in [6.45, 7) is 0. The first-order valence-electron chi connectivity index (χ1n) is 8.51. The van der Waals surface area contributed by atoms with Crippen molar-refractivity contribution in [3.05, 3.63) is 104 Å². The van der Waals surface area contributed by atoms with Crippen molar-refractivity contribution in [1.82, 2.24) is 0 Å². The summed E-state index contributed by atoms with van der Waals surface area (Å²) in [5, 5.41) is 3.17. The number of halogens is 2. The fraction of sp³-hybridized carbons (Fsp3) is 0.0909. The van der Waals surface area contributed by atoms with E-state index in [1.165, 1.54) is 12.8 Å². The molecule has 2 aliphatic carbocycles. The van der Waals surface area contributed by atoms with E-state index in [4.69, 9.17) is 0 Å². The van der Waals surface area contributed by atoms with Crippen LogP contribution in [0.25, 0.3) is 0 Å². The zero-order chi connectivity index (χ0) is 16.2. The van der Waals surface area contributed by atoms with Gasteiger partial charge in [0.05, 0.1) is 0 Å². The average molecular weight is 566 g/mol. The quantitative estimate of drug-likeness (QED) is 0.445. The van der Waals surface area contributed by atoms with Crippen molar-refractivity contribution >= 4 is 49.8 Å². The van der Waals surface area contributed by atoms with Crippen LogP contribution in [0.4, 0.5) is 0 Å². The van der Waals surface area contributed by atoms with Gasteiger partial charge in [0, 0.05) is 0 Å². The summed E-state index contributed by atoms with van der Waals surface area (Å²) in [5.41, 5.74) is -0.724. The molecular weight excluding hydrogens is 543 g/mol. The molecule has 0 saturated carbocycles. The first kappa shape index (κ1) is 21.8. The van der Waals surface area contributed by atoms with Gasteiger partial charge < -0.3 is 0 Å². The van der Waals surface area contributed by atoms with Crippen LogP contribution in [0.15, 0.2) is 104 Å². The van der Waals surface area contributed by atoms with Gasteiger partial charge in [-0.3, -0.25) is 0 Å². The first-order chi connectivity index (χ1) is 11.9. The predicted molar refractivity (Wildman–Crippen MR) is 122 cm³/mol. The third-order valence-corrected chi connectivity index (χ3v) is 23.6. The Morgan fingerprint density at radius 3 is 1.38 bits per heavy atom. The van der Waals surface area contributed by atoms with Crippen LogP contribution in [0.3, 0.4) is 0 Å². The Hall–Kier alpha value is -0.540. The number of benzene rings is 2. The molecule has 0 fully saturated rings. The van der Waals surface area contributed by atoms with Crippen molar-refractivity contribution in [2.24, 2.45) is 0 Å². The molecule has 26 heavy (non-hydrogen) atoms. The molecule has 0 N–H and O–H groups in total. The maximum atomic E-state index is 2.44. The summed E-state index contributed by atoms with van der Waals surface area (Å²) in [6, 6.07) is 22.6. The summed E-state index contributed by atoms with van der Waals surface area (Å²) < 4.78 is 3.54. The second-order valence-corrected chi connectivity index (χ2v) is 19.7. The molecule has 2 aromatic rings. The molecule has 2 aliphatic rings. The van der Waals surface area contributed by atoms with E-state index in [2.05, 4.69) is 97.1 Å². The third kappa shape index (κ3) is 4.84. The average Bonchev–Trinajstić information content (AvgIpc) is 3.35. The Morgan fingerprint density at radius 2 is 1.04 bits per heavy atom. The maximum absolute atomic E-state index is 2.44. The Labute approximate surface area is 185 Å². The van der Waals surface area contributed by atoms with E-state index in [0.717, 1.165) is 0 Å². The summed E-state index contributed by atoms with van der Waals surface area (Å²) in [4.78, 5) is 0. The Morgan fingerprint density at radius 1 is 0.615 bits per heavy atom. The Bertz CT molecular complexity index is 821. The molecule has 0 spiro atoms. The van der Waals surface area contributed by atoms with Gasteiger partial charge >= 0.3 is 153 Å². The van der Waals surface area contributed by atoms with Crippen molar-refractivity contribution in [2.45, 2.75) is 12.8 Å². The zero-order valence-electron chi connectivity index (χ0n) is 14.5. The molecule has 132 valence electrons. The second-order valence-electron chi connectivity index (χ2n) is 6.13. The van der Waals surface area contributed by atoms with E-state index >= 15 is 0 Å². The van der Waals surface area contributed by atoms with Crippen LogP contribution in [0, 0.1) is 0 Å². The molecule has 0 aromatic heterocycles. The molecule has 0 nitrogen and oxygen atoms in total. The summed E-state index contributed by atoms with van der Waals surface area (Å²) in [7, 11) is 0. The van der Waals surface area contributed by atoms with Crippen LogP contribution >= 0.6 is 34.0 Å². The number of rotatable bonds is 4. The molecular formula is C22H22Br2SiZr. The van der Waals surface area contributed by atoms with Crippen molar-refractivity contribution in [1.29, 1.82) is 0 Å². The minimum absolute atomic E-state index is 0. The van der Waals surface area contributed by atoms with Crippen molar-refractivity contribution in [3.8, 4) is 0 Å². The van der Waals surface area contributed by atoms with E-state index < -0.39 is 25.8 Å².